The van der Waals surface area contributed by atoms with Crippen LogP contribution in [0.3, 0.4) is 0 Å². The fourth-order valence-electron chi connectivity index (χ4n) is 2.26. The zero-order valence-electron chi connectivity index (χ0n) is 12.0. The van der Waals surface area contributed by atoms with E-state index in [1.807, 2.05) is 0 Å². The molecule has 0 unspecified atom stereocenters. The summed E-state index contributed by atoms with van der Waals surface area (Å²) in [6.45, 7) is 3.35. The molecular formula is C11H16F2N3O7P. The molecule has 7 N–H and O–H groups in total. The molecule has 0 spiro atoms. The SMILES string of the molecule is C=C(N)c1ncn([C@@H]2O[C@H](CC(F)(F)P(=O)(O)O)[C@@H](O)[C@H]2O)c1O. The largest absolute Gasteiger partial charge is 0.493 e. The first-order valence-corrected chi connectivity index (χ1v) is 8.13. The van der Waals surface area contributed by atoms with Crippen LogP contribution in [0.1, 0.15) is 18.3 Å². The van der Waals surface area contributed by atoms with Gasteiger partial charge in [0.2, 0.25) is 5.88 Å². The highest BCUT2D eigenvalue weighted by Gasteiger charge is 2.55. The van der Waals surface area contributed by atoms with Crippen LogP contribution in [0.25, 0.3) is 5.70 Å². The van der Waals surface area contributed by atoms with Crippen molar-refractivity contribution in [2.24, 2.45) is 5.73 Å². The van der Waals surface area contributed by atoms with Crippen LogP contribution in [-0.2, 0) is 9.30 Å². The summed E-state index contributed by atoms with van der Waals surface area (Å²) in [5, 5.41) is 29.7. The van der Waals surface area contributed by atoms with E-state index in [-0.39, 0.29) is 11.4 Å². The fourth-order valence-corrected chi connectivity index (χ4v) is 2.67. The van der Waals surface area contributed by atoms with E-state index in [0.717, 1.165) is 10.9 Å². The standard InChI is InChI=1S/C11H16F2N3O7P/c1-4(14)6-9(19)16(3-15-6)10-8(18)7(17)5(23-10)2-11(12,13)24(20,21)22/h3,5,7-8,10,17-19H,1-2,14H2,(H2,20,21,22)/t5-,7-,8-,10-/m1/s1. The number of rotatable bonds is 5. The Bertz CT molecular complexity index is 691. The monoisotopic (exact) mass is 371 g/mol. The second-order valence-electron chi connectivity index (χ2n) is 5.31. The van der Waals surface area contributed by atoms with Crippen LogP contribution in [0, 0.1) is 0 Å². The highest BCUT2D eigenvalue weighted by molar-refractivity contribution is 7.53. The zero-order valence-corrected chi connectivity index (χ0v) is 12.9. The molecule has 2 rings (SSSR count). The molecule has 13 heteroatoms. The normalized spacial score (nSPS) is 28.2. The molecule has 1 saturated heterocycles. The summed E-state index contributed by atoms with van der Waals surface area (Å²) < 4.78 is 43.6. The predicted molar refractivity (Wildman–Crippen MR) is 74.6 cm³/mol. The second-order valence-corrected chi connectivity index (χ2v) is 7.05. The number of hydrogen-bond donors (Lipinski definition) is 6. The minimum absolute atomic E-state index is 0.108. The molecule has 0 bridgehead atoms. The van der Waals surface area contributed by atoms with Gasteiger partial charge in [0.05, 0.1) is 18.2 Å². The van der Waals surface area contributed by atoms with Crippen LogP contribution in [0.5, 0.6) is 5.88 Å². The Balaban J connectivity index is 2.25. The number of aliphatic hydroxyl groups is 2. The number of ether oxygens (including phenoxy) is 1. The molecule has 0 aromatic carbocycles. The van der Waals surface area contributed by atoms with Crippen molar-refractivity contribution in [3.05, 3.63) is 18.6 Å². The Kier molecular flexibility index (Phi) is 4.74. The van der Waals surface area contributed by atoms with E-state index >= 15 is 0 Å². The maximum absolute atomic E-state index is 13.5. The minimum atomic E-state index is -5.78. The van der Waals surface area contributed by atoms with Gasteiger partial charge in [-0.1, -0.05) is 6.58 Å². The molecule has 2 heterocycles. The van der Waals surface area contributed by atoms with Gasteiger partial charge in [-0.2, -0.15) is 8.78 Å². The summed E-state index contributed by atoms with van der Waals surface area (Å²) >= 11 is 0. The van der Waals surface area contributed by atoms with Crippen LogP contribution < -0.4 is 5.73 Å². The van der Waals surface area contributed by atoms with Gasteiger partial charge in [0, 0.05) is 0 Å². The van der Waals surface area contributed by atoms with E-state index in [1.54, 1.807) is 0 Å². The molecule has 136 valence electrons. The molecule has 1 aliphatic rings. The molecule has 1 aromatic heterocycles. The smallest absolute Gasteiger partial charge is 0.394 e. The van der Waals surface area contributed by atoms with Gasteiger partial charge in [-0.05, 0) is 0 Å². The van der Waals surface area contributed by atoms with Crippen molar-refractivity contribution in [2.75, 3.05) is 0 Å². The summed E-state index contributed by atoms with van der Waals surface area (Å²) in [5.41, 5.74) is 0.678. The summed E-state index contributed by atoms with van der Waals surface area (Å²) in [4.78, 5) is 21.0. The van der Waals surface area contributed by atoms with Crippen molar-refractivity contribution in [1.29, 1.82) is 0 Å². The van der Waals surface area contributed by atoms with E-state index in [2.05, 4.69) is 11.6 Å². The third kappa shape index (κ3) is 3.16. The van der Waals surface area contributed by atoms with E-state index < -0.39 is 50.1 Å². The van der Waals surface area contributed by atoms with Gasteiger partial charge >= 0.3 is 13.3 Å². The minimum Gasteiger partial charge on any atom is -0.493 e. The maximum atomic E-state index is 13.5. The molecular weight excluding hydrogens is 355 g/mol. The van der Waals surface area contributed by atoms with Crippen LogP contribution in [0.4, 0.5) is 8.78 Å². The molecule has 4 atom stereocenters. The third-order valence-corrected chi connectivity index (χ3v) is 4.59. The summed E-state index contributed by atoms with van der Waals surface area (Å²) in [6, 6.07) is 0. The first-order chi connectivity index (χ1) is 10.9. The Morgan fingerprint density at radius 2 is 2.04 bits per heavy atom. The van der Waals surface area contributed by atoms with Gasteiger partial charge in [0.25, 0.3) is 0 Å². The average Bonchev–Trinajstić information content (AvgIpc) is 2.93. The Labute approximate surface area is 134 Å². The van der Waals surface area contributed by atoms with E-state index in [0.29, 0.717) is 0 Å². The molecule has 0 amide bonds. The number of alkyl halides is 2. The van der Waals surface area contributed by atoms with Crippen LogP contribution in [-0.4, -0.2) is 58.6 Å². The van der Waals surface area contributed by atoms with Crippen molar-refractivity contribution < 1.29 is 43.2 Å². The van der Waals surface area contributed by atoms with E-state index in [4.69, 9.17) is 20.3 Å². The molecule has 0 radical (unpaired) electrons. The van der Waals surface area contributed by atoms with Crippen LogP contribution in [0.2, 0.25) is 0 Å². The topological polar surface area (TPSA) is 171 Å². The molecule has 0 aliphatic carbocycles. The molecule has 24 heavy (non-hydrogen) atoms. The lowest BCUT2D eigenvalue weighted by Crippen LogP contribution is -2.35. The Hall–Kier alpha value is -1.56. The number of imidazole rings is 1. The van der Waals surface area contributed by atoms with Crippen molar-refractivity contribution >= 4 is 13.3 Å². The van der Waals surface area contributed by atoms with Crippen LogP contribution >= 0.6 is 7.60 Å². The predicted octanol–water partition coefficient (Wildman–Crippen LogP) is -0.702. The third-order valence-electron chi connectivity index (χ3n) is 3.56. The molecule has 1 fully saturated rings. The van der Waals surface area contributed by atoms with E-state index in [1.165, 1.54) is 0 Å². The second kappa shape index (κ2) is 6.06. The lowest BCUT2D eigenvalue weighted by atomic mass is 10.1. The highest BCUT2D eigenvalue weighted by Crippen LogP contribution is 2.56. The number of halogens is 2. The fraction of sp³-hybridized carbons (Fsp3) is 0.545. The average molecular weight is 371 g/mol. The molecule has 0 saturated carbocycles. The van der Waals surface area contributed by atoms with Crippen molar-refractivity contribution in [3.63, 3.8) is 0 Å². The summed E-state index contributed by atoms with van der Waals surface area (Å²) in [6.07, 6.45) is -7.50. The lowest BCUT2D eigenvalue weighted by molar-refractivity contribution is -0.0711. The number of aromatic nitrogens is 2. The highest BCUT2D eigenvalue weighted by atomic mass is 31.2. The molecule has 1 aromatic rings. The van der Waals surface area contributed by atoms with Crippen molar-refractivity contribution in [1.82, 2.24) is 9.55 Å². The first-order valence-electron chi connectivity index (χ1n) is 6.52. The number of aliphatic hydroxyl groups excluding tert-OH is 2. The van der Waals surface area contributed by atoms with Gasteiger partial charge in [-0.3, -0.25) is 9.13 Å². The van der Waals surface area contributed by atoms with Crippen molar-refractivity contribution in [2.45, 2.75) is 36.6 Å². The Morgan fingerprint density at radius 1 is 1.46 bits per heavy atom. The molecule has 1 aliphatic heterocycles. The van der Waals surface area contributed by atoms with Gasteiger partial charge in [-0.15, -0.1) is 0 Å². The van der Waals surface area contributed by atoms with Gasteiger partial charge in [-0.25, -0.2) is 4.98 Å². The number of hydrogen-bond acceptors (Lipinski definition) is 7. The van der Waals surface area contributed by atoms with Gasteiger partial charge in [0.1, 0.15) is 24.2 Å². The van der Waals surface area contributed by atoms with Gasteiger partial charge in [0.15, 0.2) is 6.23 Å². The Morgan fingerprint density at radius 3 is 2.50 bits per heavy atom. The lowest BCUT2D eigenvalue weighted by Gasteiger charge is -2.22. The van der Waals surface area contributed by atoms with Gasteiger partial charge < -0.3 is 35.6 Å². The quantitative estimate of drug-likeness (QED) is 0.366. The maximum Gasteiger partial charge on any atom is 0.394 e. The number of nitrogens with zero attached hydrogens (tertiary/aromatic N) is 2. The number of nitrogens with two attached hydrogens (primary N) is 1. The van der Waals surface area contributed by atoms with Crippen molar-refractivity contribution in [3.8, 4) is 5.88 Å². The first kappa shape index (κ1) is 18.8. The van der Waals surface area contributed by atoms with E-state index in [9.17, 15) is 28.7 Å². The summed E-state index contributed by atoms with van der Waals surface area (Å²) in [7, 11) is -5.78. The number of aromatic hydroxyl groups is 1. The summed E-state index contributed by atoms with van der Waals surface area (Å²) in [5.74, 6) is -0.582. The zero-order chi connectivity index (χ0) is 18.4. The van der Waals surface area contributed by atoms with Crippen LogP contribution in [0.15, 0.2) is 12.9 Å². The molecule has 10 nitrogen and oxygen atoms in total.